The van der Waals surface area contributed by atoms with Gasteiger partial charge in [-0.15, -0.1) is 0 Å². The number of Topliss-reactive ketones (excluding diaryl/α,β-unsaturated/α-hetero) is 1. The summed E-state index contributed by atoms with van der Waals surface area (Å²) in [4.78, 5) is 11.8. The molecule has 0 saturated carbocycles. The van der Waals surface area contributed by atoms with Crippen LogP contribution in [0.2, 0.25) is 0 Å². The minimum absolute atomic E-state index is 0.227. The molecule has 1 aromatic rings. The van der Waals surface area contributed by atoms with Crippen molar-refractivity contribution in [1.29, 1.82) is 0 Å². The molecule has 14 heavy (non-hydrogen) atoms. The molecule has 0 amide bonds. The topological polar surface area (TPSA) is 50.1 Å². The minimum Gasteiger partial charge on any atom is -0.496 e. The van der Waals surface area contributed by atoms with E-state index in [1.807, 2.05) is 0 Å². The summed E-state index contributed by atoms with van der Waals surface area (Å²) in [5.41, 5.74) is 6.99. The number of carbonyl (C=O) groups is 1. The first kappa shape index (κ1) is 10.7. The highest BCUT2D eigenvalue weighted by Crippen LogP contribution is 2.21. The predicted molar refractivity (Wildman–Crippen MR) is 54.5 cm³/mol. The zero-order valence-electron chi connectivity index (χ0n) is 8.63. The van der Waals surface area contributed by atoms with Crippen LogP contribution >= 0.6 is 0 Å². The largest absolute Gasteiger partial charge is 0.496 e. The average Bonchev–Trinajstić information content (AvgIpc) is 2.15. The van der Waals surface area contributed by atoms with Gasteiger partial charge in [0.1, 0.15) is 5.75 Å². The third-order valence-corrected chi connectivity index (χ3v) is 1.92. The van der Waals surface area contributed by atoms with E-state index in [2.05, 4.69) is 0 Å². The van der Waals surface area contributed by atoms with Gasteiger partial charge in [-0.05, 0) is 26.0 Å². The Morgan fingerprint density at radius 1 is 1.36 bits per heavy atom. The lowest BCUT2D eigenvalue weighted by Crippen LogP contribution is -2.33. The van der Waals surface area contributed by atoms with Gasteiger partial charge in [-0.25, -0.2) is 5.73 Å². The fraction of sp³-hybridized carbons (Fsp3) is 0.364. The number of nitrogens with one attached hydrogen (secondary N) is 1. The second-order valence-corrected chi connectivity index (χ2v) is 3.65. The molecule has 1 N–H and O–H groups in total. The summed E-state index contributed by atoms with van der Waals surface area (Å²) >= 11 is 0. The Morgan fingerprint density at radius 2 is 1.93 bits per heavy atom. The second-order valence-electron chi connectivity index (χ2n) is 3.65. The maximum absolute atomic E-state index is 11.8. The van der Waals surface area contributed by atoms with E-state index in [1.54, 1.807) is 38.1 Å². The molecule has 75 valence electrons. The average molecular weight is 192 g/mol. The van der Waals surface area contributed by atoms with E-state index in [9.17, 15) is 4.79 Å². The molecule has 0 aromatic heterocycles. The van der Waals surface area contributed by atoms with Gasteiger partial charge >= 0.3 is 0 Å². The maximum atomic E-state index is 11.8. The Bertz CT molecular complexity index is 339. The molecule has 0 aliphatic carbocycles. The molecule has 0 atom stereocenters. The molecule has 0 spiro atoms. The molecule has 3 nitrogen and oxygen atoms in total. The van der Waals surface area contributed by atoms with Crippen LogP contribution in [0.1, 0.15) is 24.2 Å². The smallest absolute Gasteiger partial charge is 0.187 e. The molecule has 1 radical (unpaired) electrons. The van der Waals surface area contributed by atoms with Crippen molar-refractivity contribution in [2.24, 2.45) is 0 Å². The summed E-state index contributed by atoms with van der Waals surface area (Å²) in [6.45, 7) is 3.14. The normalized spacial score (nSPS) is 11.1. The molecular formula is C11H14NO2. The quantitative estimate of drug-likeness (QED) is 0.687. The molecule has 1 aromatic carbocycles. The lowest BCUT2D eigenvalue weighted by Gasteiger charge is -2.17. The van der Waals surface area contributed by atoms with Crippen LogP contribution < -0.4 is 10.5 Å². The standard InChI is InChI=1S/C11H14NO2/c1-11(2,12)10(13)8-6-4-5-7-9(8)14-3/h4-7,12H,1-3H3. The Kier molecular flexibility index (Phi) is 2.91. The zero-order valence-corrected chi connectivity index (χ0v) is 8.63. The van der Waals surface area contributed by atoms with Gasteiger partial charge in [0.05, 0.1) is 18.2 Å². The second kappa shape index (κ2) is 3.80. The highest BCUT2D eigenvalue weighted by Gasteiger charge is 2.26. The van der Waals surface area contributed by atoms with Gasteiger partial charge in [-0.2, -0.15) is 0 Å². The van der Waals surface area contributed by atoms with E-state index < -0.39 is 5.54 Å². The monoisotopic (exact) mass is 192 g/mol. The minimum atomic E-state index is -1.12. The van der Waals surface area contributed by atoms with Crippen molar-refractivity contribution in [2.75, 3.05) is 7.11 Å². The highest BCUT2D eigenvalue weighted by molar-refractivity contribution is 6.04. The number of carbonyl (C=O) groups excluding carboxylic acids is 1. The van der Waals surface area contributed by atoms with Gasteiger partial charge in [0.2, 0.25) is 0 Å². The van der Waals surface area contributed by atoms with Gasteiger partial charge in [-0.1, -0.05) is 12.1 Å². The van der Waals surface area contributed by atoms with Crippen LogP contribution in [0.3, 0.4) is 0 Å². The fourth-order valence-corrected chi connectivity index (χ4v) is 1.17. The first-order chi connectivity index (χ1) is 6.46. The van der Waals surface area contributed by atoms with E-state index in [0.717, 1.165) is 0 Å². The molecular weight excluding hydrogens is 178 g/mol. The molecule has 0 heterocycles. The number of rotatable bonds is 3. The molecule has 0 bridgehead atoms. The van der Waals surface area contributed by atoms with E-state index >= 15 is 0 Å². The van der Waals surface area contributed by atoms with Crippen molar-refractivity contribution in [2.45, 2.75) is 19.4 Å². The van der Waals surface area contributed by atoms with Crippen LogP contribution in [0.5, 0.6) is 5.75 Å². The summed E-state index contributed by atoms with van der Waals surface area (Å²) in [5, 5.41) is 0. The summed E-state index contributed by atoms with van der Waals surface area (Å²) in [6.07, 6.45) is 0. The first-order valence-corrected chi connectivity index (χ1v) is 4.39. The number of methoxy groups -OCH3 is 1. The Hall–Kier alpha value is -1.35. The summed E-state index contributed by atoms with van der Waals surface area (Å²) in [7, 11) is 1.52. The SMILES string of the molecule is COc1ccccc1C(=O)C(C)(C)[NH]. The number of hydrogen-bond donors (Lipinski definition) is 0. The van der Waals surface area contributed by atoms with Crippen molar-refractivity contribution < 1.29 is 9.53 Å². The number of ketones is 1. The van der Waals surface area contributed by atoms with Gasteiger partial charge in [0.25, 0.3) is 0 Å². The number of ether oxygens (including phenoxy) is 1. The van der Waals surface area contributed by atoms with Crippen LogP contribution in [-0.4, -0.2) is 18.4 Å². The molecule has 0 aliphatic heterocycles. The molecule has 0 unspecified atom stereocenters. The van der Waals surface area contributed by atoms with E-state index in [0.29, 0.717) is 11.3 Å². The van der Waals surface area contributed by atoms with E-state index in [4.69, 9.17) is 10.5 Å². The first-order valence-electron chi connectivity index (χ1n) is 4.39. The van der Waals surface area contributed by atoms with Crippen molar-refractivity contribution >= 4 is 5.78 Å². The van der Waals surface area contributed by atoms with Crippen LogP contribution in [0.4, 0.5) is 0 Å². The molecule has 0 saturated heterocycles. The van der Waals surface area contributed by atoms with Crippen LogP contribution in [0, 0.1) is 0 Å². The Balaban J connectivity index is 3.13. The Morgan fingerprint density at radius 3 is 2.43 bits per heavy atom. The van der Waals surface area contributed by atoms with Crippen molar-refractivity contribution in [3.8, 4) is 5.75 Å². The summed E-state index contributed by atoms with van der Waals surface area (Å²) < 4.78 is 5.06. The number of para-hydroxylation sites is 1. The summed E-state index contributed by atoms with van der Waals surface area (Å²) in [5.74, 6) is 0.299. The maximum Gasteiger partial charge on any atom is 0.187 e. The third-order valence-electron chi connectivity index (χ3n) is 1.92. The van der Waals surface area contributed by atoms with Gasteiger partial charge in [-0.3, -0.25) is 4.79 Å². The molecule has 3 heteroatoms. The number of hydrogen-bond acceptors (Lipinski definition) is 2. The molecule has 0 aliphatic rings. The van der Waals surface area contributed by atoms with E-state index in [1.165, 1.54) is 7.11 Å². The fourth-order valence-electron chi connectivity index (χ4n) is 1.17. The van der Waals surface area contributed by atoms with Crippen LogP contribution in [0.25, 0.3) is 0 Å². The van der Waals surface area contributed by atoms with E-state index in [-0.39, 0.29) is 5.78 Å². The van der Waals surface area contributed by atoms with Gasteiger partial charge in [0.15, 0.2) is 5.78 Å². The van der Waals surface area contributed by atoms with Crippen molar-refractivity contribution in [1.82, 2.24) is 5.73 Å². The zero-order chi connectivity index (χ0) is 10.8. The third kappa shape index (κ3) is 2.12. The van der Waals surface area contributed by atoms with Crippen LogP contribution in [-0.2, 0) is 0 Å². The number of benzene rings is 1. The highest BCUT2D eigenvalue weighted by atomic mass is 16.5. The van der Waals surface area contributed by atoms with Gasteiger partial charge in [0, 0.05) is 0 Å². The van der Waals surface area contributed by atoms with Crippen molar-refractivity contribution in [3.63, 3.8) is 0 Å². The molecule has 1 rings (SSSR count). The summed E-state index contributed by atoms with van der Waals surface area (Å²) in [6, 6.07) is 6.96. The lowest BCUT2D eigenvalue weighted by atomic mass is 9.94. The Labute approximate surface area is 83.9 Å². The lowest BCUT2D eigenvalue weighted by molar-refractivity contribution is 0.0905. The van der Waals surface area contributed by atoms with Crippen molar-refractivity contribution in [3.05, 3.63) is 29.8 Å². The predicted octanol–water partition coefficient (Wildman–Crippen LogP) is 1.94. The molecule has 0 fully saturated rings. The van der Waals surface area contributed by atoms with Gasteiger partial charge < -0.3 is 4.74 Å². The van der Waals surface area contributed by atoms with Crippen LogP contribution in [0.15, 0.2) is 24.3 Å².